The third-order valence-corrected chi connectivity index (χ3v) is 4.28. The fourth-order valence-electron chi connectivity index (χ4n) is 3.16. The maximum absolute atomic E-state index is 13.0. The number of hydrogen-bond acceptors (Lipinski definition) is 6. The number of hydrogen-bond donors (Lipinski definition) is 3. The first-order valence-electron chi connectivity index (χ1n) is 7.33. The van der Waals surface area contributed by atoms with Gasteiger partial charge in [0.25, 0.3) is 0 Å². The average molecular weight is 326 g/mol. The predicted molar refractivity (Wildman–Crippen MR) is 87.8 cm³/mol. The fourth-order valence-corrected chi connectivity index (χ4v) is 3.16. The van der Waals surface area contributed by atoms with Gasteiger partial charge in [-0.15, -0.1) is 0 Å². The van der Waals surface area contributed by atoms with E-state index in [0.717, 1.165) is 6.07 Å². The highest BCUT2D eigenvalue weighted by molar-refractivity contribution is 5.97. The van der Waals surface area contributed by atoms with Gasteiger partial charge in [0.05, 0.1) is 11.6 Å². The Balaban J connectivity index is 2.29. The van der Waals surface area contributed by atoms with Crippen LogP contribution in [0.15, 0.2) is 39.7 Å². The fraction of sp³-hybridized carbons (Fsp3) is 0.167. The Hall–Kier alpha value is -3.15. The third-order valence-electron chi connectivity index (χ3n) is 4.28. The second kappa shape index (κ2) is 4.44. The molecule has 0 radical (unpaired) electrons. The van der Waals surface area contributed by atoms with Crippen molar-refractivity contribution in [1.29, 1.82) is 0 Å². The second-order valence-corrected chi connectivity index (χ2v) is 6.38. The Kier molecular flexibility index (Phi) is 2.67. The summed E-state index contributed by atoms with van der Waals surface area (Å²) in [5, 5.41) is 30.1. The van der Waals surface area contributed by atoms with E-state index >= 15 is 0 Å². The van der Waals surface area contributed by atoms with Crippen molar-refractivity contribution in [2.24, 2.45) is 0 Å². The highest BCUT2D eigenvalue weighted by Gasteiger charge is 2.32. The monoisotopic (exact) mass is 326 g/mol. The molecule has 3 N–H and O–H groups in total. The van der Waals surface area contributed by atoms with Crippen molar-refractivity contribution in [3.05, 3.63) is 46.3 Å². The summed E-state index contributed by atoms with van der Waals surface area (Å²) in [6.07, 6.45) is 3.24. The molecule has 0 amide bonds. The molecule has 1 aliphatic heterocycles. The van der Waals surface area contributed by atoms with E-state index in [-0.39, 0.29) is 44.9 Å². The topological polar surface area (TPSA) is 100 Å². The van der Waals surface area contributed by atoms with Crippen LogP contribution < -0.4 is 10.2 Å². The number of phenols is 3. The molecule has 6 heteroatoms. The van der Waals surface area contributed by atoms with Gasteiger partial charge in [0, 0.05) is 29.2 Å². The highest BCUT2D eigenvalue weighted by Crippen LogP contribution is 2.46. The average Bonchev–Trinajstić information content (AvgIpc) is 2.46. The standard InChI is InChI=1S/C18H14O6/c1-18(2)3-4-23-17-10(21)7-12-14(15(17)18)16(22)13-9(20)5-8(19)6-11(13)24-12/h3-7,19-21H,1-2H3. The summed E-state index contributed by atoms with van der Waals surface area (Å²) in [7, 11) is 0. The van der Waals surface area contributed by atoms with Gasteiger partial charge in [0.2, 0.25) is 5.43 Å². The molecule has 0 saturated carbocycles. The van der Waals surface area contributed by atoms with Crippen LogP contribution in [-0.2, 0) is 5.41 Å². The molecule has 4 rings (SSSR count). The van der Waals surface area contributed by atoms with E-state index in [1.165, 1.54) is 18.4 Å². The third kappa shape index (κ3) is 1.79. The van der Waals surface area contributed by atoms with E-state index in [0.29, 0.717) is 5.56 Å². The Labute approximate surface area is 135 Å². The van der Waals surface area contributed by atoms with Crippen LogP contribution in [0.3, 0.4) is 0 Å². The van der Waals surface area contributed by atoms with Crippen molar-refractivity contribution < 1.29 is 24.5 Å². The molecule has 0 saturated heterocycles. The predicted octanol–water partition coefficient (Wildman–Crippen LogP) is 3.25. The summed E-state index contributed by atoms with van der Waals surface area (Å²) in [6, 6.07) is 3.62. The smallest absolute Gasteiger partial charge is 0.204 e. The van der Waals surface area contributed by atoms with Gasteiger partial charge in [-0.25, -0.2) is 0 Å². The number of fused-ring (bicyclic) bond motifs is 4. The molecule has 0 spiro atoms. The van der Waals surface area contributed by atoms with Gasteiger partial charge < -0.3 is 24.5 Å². The van der Waals surface area contributed by atoms with Crippen molar-refractivity contribution in [1.82, 2.24) is 0 Å². The van der Waals surface area contributed by atoms with Crippen LogP contribution in [0.1, 0.15) is 19.4 Å². The van der Waals surface area contributed by atoms with Crippen LogP contribution >= 0.6 is 0 Å². The van der Waals surface area contributed by atoms with Crippen molar-refractivity contribution in [3.8, 4) is 23.0 Å². The highest BCUT2D eigenvalue weighted by atomic mass is 16.5. The zero-order valence-electron chi connectivity index (χ0n) is 13.0. The Bertz CT molecular complexity index is 1100. The minimum Gasteiger partial charge on any atom is -0.508 e. The lowest BCUT2D eigenvalue weighted by molar-refractivity contribution is 0.384. The molecule has 3 aromatic rings. The molecule has 1 aliphatic rings. The first-order valence-corrected chi connectivity index (χ1v) is 7.33. The summed E-state index contributed by atoms with van der Waals surface area (Å²) in [5.74, 6) is -0.550. The van der Waals surface area contributed by atoms with Gasteiger partial charge in [0.1, 0.15) is 28.1 Å². The van der Waals surface area contributed by atoms with Crippen LogP contribution in [0.2, 0.25) is 0 Å². The van der Waals surface area contributed by atoms with Gasteiger partial charge in [0.15, 0.2) is 11.5 Å². The number of phenolic OH excluding ortho intramolecular Hbond substituents is 3. The van der Waals surface area contributed by atoms with Crippen LogP contribution in [0.25, 0.3) is 21.9 Å². The Morgan fingerprint density at radius 3 is 2.42 bits per heavy atom. The van der Waals surface area contributed by atoms with E-state index in [2.05, 4.69) is 0 Å². The maximum Gasteiger partial charge on any atom is 0.204 e. The largest absolute Gasteiger partial charge is 0.508 e. The molecule has 0 bridgehead atoms. The van der Waals surface area contributed by atoms with Crippen molar-refractivity contribution >= 4 is 21.9 Å². The number of benzene rings is 2. The molecule has 6 nitrogen and oxygen atoms in total. The normalized spacial score (nSPS) is 15.4. The summed E-state index contributed by atoms with van der Waals surface area (Å²) >= 11 is 0. The first-order chi connectivity index (χ1) is 11.3. The van der Waals surface area contributed by atoms with Crippen molar-refractivity contribution in [3.63, 3.8) is 0 Å². The zero-order chi connectivity index (χ0) is 17.2. The Morgan fingerprint density at radius 2 is 1.67 bits per heavy atom. The summed E-state index contributed by atoms with van der Waals surface area (Å²) in [6.45, 7) is 3.76. The van der Waals surface area contributed by atoms with Crippen molar-refractivity contribution in [2.75, 3.05) is 0 Å². The van der Waals surface area contributed by atoms with Gasteiger partial charge in [-0.2, -0.15) is 0 Å². The number of aromatic hydroxyl groups is 3. The molecular weight excluding hydrogens is 312 g/mol. The van der Waals surface area contributed by atoms with Crippen LogP contribution in [0.5, 0.6) is 23.0 Å². The van der Waals surface area contributed by atoms with Gasteiger partial charge in [-0.1, -0.05) is 13.8 Å². The molecule has 1 aromatic heterocycles. The Morgan fingerprint density at radius 1 is 0.958 bits per heavy atom. The maximum atomic E-state index is 13.0. The summed E-state index contributed by atoms with van der Waals surface area (Å²) in [4.78, 5) is 13.0. The molecule has 122 valence electrons. The molecular formula is C18H14O6. The van der Waals surface area contributed by atoms with Crippen molar-refractivity contribution in [2.45, 2.75) is 19.3 Å². The lowest BCUT2D eigenvalue weighted by Crippen LogP contribution is -2.22. The van der Waals surface area contributed by atoms with E-state index in [9.17, 15) is 20.1 Å². The van der Waals surface area contributed by atoms with Gasteiger partial charge in [-0.3, -0.25) is 4.79 Å². The second-order valence-electron chi connectivity index (χ2n) is 6.38. The lowest BCUT2D eigenvalue weighted by atomic mass is 9.80. The SMILES string of the molecule is CC1(C)C=COc2c(O)cc3oc4cc(O)cc(O)c4c(=O)c3c21. The first kappa shape index (κ1) is 14.4. The van der Waals surface area contributed by atoms with E-state index in [1.54, 1.807) is 6.08 Å². The van der Waals surface area contributed by atoms with Gasteiger partial charge >= 0.3 is 0 Å². The quantitative estimate of drug-likeness (QED) is 0.548. The summed E-state index contributed by atoms with van der Waals surface area (Å²) in [5.41, 5.74) is -0.357. The van der Waals surface area contributed by atoms with E-state index < -0.39 is 10.8 Å². The van der Waals surface area contributed by atoms with Crippen LogP contribution in [0, 0.1) is 0 Å². The molecule has 0 unspecified atom stereocenters. The minimum absolute atomic E-state index is 0.0291. The molecule has 0 atom stereocenters. The van der Waals surface area contributed by atoms with E-state index in [1.807, 2.05) is 13.8 Å². The molecule has 2 heterocycles. The van der Waals surface area contributed by atoms with Crippen LogP contribution in [-0.4, -0.2) is 15.3 Å². The number of allylic oxidation sites excluding steroid dienone is 1. The van der Waals surface area contributed by atoms with E-state index in [4.69, 9.17) is 9.15 Å². The molecule has 0 aliphatic carbocycles. The molecule has 2 aromatic carbocycles. The number of rotatable bonds is 0. The zero-order valence-corrected chi connectivity index (χ0v) is 13.0. The lowest BCUT2D eigenvalue weighted by Gasteiger charge is -2.28. The minimum atomic E-state index is -0.584. The summed E-state index contributed by atoms with van der Waals surface area (Å²) < 4.78 is 11.1. The molecule has 0 fully saturated rings. The molecule has 24 heavy (non-hydrogen) atoms. The van der Waals surface area contributed by atoms with Gasteiger partial charge in [-0.05, 0) is 6.08 Å². The number of ether oxygens (including phenoxy) is 1. The van der Waals surface area contributed by atoms with Crippen LogP contribution in [0.4, 0.5) is 0 Å².